The molecule has 2 nitrogen and oxygen atoms in total. The summed E-state index contributed by atoms with van der Waals surface area (Å²) in [6.45, 7) is 6.43. The number of hydrogen-bond donors (Lipinski definition) is 1. The highest BCUT2D eigenvalue weighted by Crippen LogP contribution is 2.35. The normalized spacial score (nSPS) is 28.5. The van der Waals surface area contributed by atoms with E-state index in [4.69, 9.17) is 17.3 Å². The highest BCUT2D eigenvalue weighted by Gasteiger charge is 2.32. The Balaban J connectivity index is 2.16. The molecule has 0 radical (unpaired) electrons. The smallest absolute Gasteiger partial charge is 0.0931 e. The average Bonchev–Trinajstić information content (AvgIpc) is 2.76. The van der Waals surface area contributed by atoms with Crippen molar-refractivity contribution in [2.24, 2.45) is 11.7 Å². The minimum Gasteiger partial charge on any atom is -0.329 e. The molecule has 0 amide bonds. The van der Waals surface area contributed by atoms with E-state index in [0.717, 1.165) is 16.8 Å². The monoisotopic (exact) mass is 258 g/mol. The predicted molar refractivity (Wildman–Crippen MR) is 71.1 cm³/mol. The average molecular weight is 259 g/mol. The van der Waals surface area contributed by atoms with Gasteiger partial charge in [0.2, 0.25) is 0 Å². The van der Waals surface area contributed by atoms with Crippen LogP contribution in [0.4, 0.5) is 0 Å². The van der Waals surface area contributed by atoms with Gasteiger partial charge in [-0.3, -0.25) is 4.90 Å². The first kappa shape index (κ1) is 12.4. The summed E-state index contributed by atoms with van der Waals surface area (Å²) >= 11 is 7.65. The fourth-order valence-electron chi connectivity index (χ4n) is 2.69. The molecule has 2 rings (SSSR count). The molecule has 3 unspecified atom stereocenters. The predicted octanol–water partition coefficient (Wildman–Crippen LogP) is 3.13. The van der Waals surface area contributed by atoms with E-state index in [0.29, 0.717) is 18.6 Å². The number of rotatable bonds is 3. The van der Waals surface area contributed by atoms with Gasteiger partial charge in [0.15, 0.2) is 0 Å². The Morgan fingerprint density at radius 3 is 2.75 bits per heavy atom. The molecular weight excluding hydrogens is 240 g/mol. The van der Waals surface area contributed by atoms with Crippen molar-refractivity contribution in [2.45, 2.75) is 32.4 Å². The number of halogens is 1. The summed E-state index contributed by atoms with van der Waals surface area (Å²) in [5.74, 6) is 0.777. The lowest BCUT2D eigenvalue weighted by molar-refractivity contribution is 0.195. The number of thiophene rings is 1. The van der Waals surface area contributed by atoms with Crippen molar-refractivity contribution in [1.82, 2.24) is 4.90 Å². The minimum atomic E-state index is 0.345. The fraction of sp³-hybridized carbons (Fsp3) is 0.667. The molecule has 2 heterocycles. The van der Waals surface area contributed by atoms with Gasteiger partial charge in [0.25, 0.3) is 0 Å². The van der Waals surface area contributed by atoms with Gasteiger partial charge in [-0.25, -0.2) is 0 Å². The molecule has 1 fully saturated rings. The number of hydrogen-bond acceptors (Lipinski definition) is 3. The third kappa shape index (κ3) is 2.43. The minimum absolute atomic E-state index is 0.345. The van der Waals surface area contributed by atoms with Crippen LogP contribution in [0.5, 0.6) is 0 Å². The Labute approximate surface area is 106 Å². The first-order valence-electron chi connectivity index (χ1n) is 5.83. The summed E-state index contributed by atoms with van der Waals surface area (Å²) < 4.78 is 0.855. The molecule has 0 aliphatic carbocycles. The molecule has 90 valence electrons. The molecular formula is C12H19ClN2S. The van der Waals surface area contributed by atoms with Crippen molar-refractivity contribution in [2.75, 3.05) is 13.1 Å². The highest BCUT2D eigenvalue weighted by molar-refractivity contribution is 7.16. The summed E-state index contributed by atoms with van der Waals surface area (Å²) in [6.07, 6.45) is 1.27. The third-order valence-corrected chi connectivity index (χ3v) is 4.71. The summed E-state index contributed by atoms with van der Waals surface area (Å²) in [5.41, 5.74) is 5.92. The van der Waals surface area contributed by atoms with E-state index in [9.17, 15) is 0 Å². The Hall–Kier alpha value is -0.0900. The van der Waals surface area contributed by atoms with Crippen molar-refractivity contribution in [3.63, 3.8) is 0 Å². The zero-order chi connectivity index (χ0) is 11.7. The van der Waals surface area contributed by atoms with Crippen LogP contribution in [0, 0.1) is 5.92 Å². The SMILES string of the molecule is CC1CC(C)N(C(CN)c2ccc(Cl)s2)C1. The van der Waals surface area contributed by atoms with Crippen molar-refractivity contribution in [3.05, 3.63) is 21.3 Å². The summed E-state index contributed by atoms with van der Waals surface area (Å²) in [5, 5.41) is 0. The fourth-order valence-corrected chi connectivity index (χ4v) is 3.88. The highest BCUT2D eigenvalue weighted by atomic mass is 35.5. The van der Waals surface area contributed by atoms with E-state index in [2.05, 4.69) is 24.8 Å². The zero-order valence-electron chi connectivity index (χ0n) is 9.82. The molecule has 2 N–H and O–H groups in total. The molecule has 0 aromatic carbocycles. The summed E-state index contributed by atoms with van der Waals surface area (Å²) in [7, 11) is 0. The summed E-state index contributed by atoms with van der Waals surface area (Å²) in [4.78, 5) is 3.82. The third-order valence-electron chi connectivity index (χ3n) is 3.38. The zero-order valence-corrected chi connectivity index (χ0v) is 11.4. The number of likely N-dealkylation sites (tertiary alicyclic amines) is 1. The first-order chi connectivity index (χ1) is 7.61. The van der Waals surface area contributed by atoms with Crippen molar-refractivity contribution in [3.8, 4) is 0 Å². The molecule has 0 bridgehead atoms. The quantitative estimate of drug-likeness (QED) is 0.903. The first-order valence-corrected chi connectivity index (χ1v) is 7.02. The van der Waals surface area contributed by atoms with Crippen molar-refractivity contribution in [1.29, 1.82) is 0 Å². The molecule has 3 atom stereocenters. The molecule has 16 heavy (non-hydrogen) atoms. The van der Waals surface area contributed by atoms with Crippen LogP contribution in [0.1, 0.15) is 31.2 Å². The molecule has 1 aromatic heterocycles. The molecule has 1 aliphatic rings. The second kappa shape index (κ2) is 5.05. The largest absolute Gasteiger partial charge is 0.329 e. The van der Waals surface area contributed by atoms with Crippen molar-refractivity contribution < 1.29 is 0 Å². The maximum absolute atomic E-state index is 5.99. The van der Waals surface area contributed by atoms with Gasteiger partial charge in [0, 0.05) is 24.0 Å². The van der Waals surface area contributed by atoms with Gasteiger partial charge < -0.3 is 5.73 Å². The van der Waals surface area contributed by atoms with E-state index in [-0.39, 0.29) is 0 Å². The molecule has 0 spiro atoms. The number of nitrogens with zero attached hydrogens (tertiary/aromatic N) is 1. The van der Waals surface area contributed by atoms with Crippen LogP contribution in [0.25, 0.3) is 0 Å². The topological polar surface area (TPSA) is 29.3 Å². The molecule has 1 saturated heterocycles. The van der Waals surface area contributed by atoms with E-state index in [1.54, 1.807) is 11.3 Å². The Bertz CT molecular complexity index is 353. The van der Waals surface area contributed by atoms with E-state index >= 15 is 0 Å². The summed E-state index contributed by atoms with van der Waals surface area (Å²) in [6, 6.07) is 5.05. The Morgan fingerprint density at radius 1 is 1.56 bits per heavy atom. The number of nitrogens with two attached hydrogens (primary N) is 1. The van der Waals surface area contributed by atoms with Gasteiger partial charge in [-0.1, -0.05) is 18.5 Å². The molecule has 4 heteroatoms. The molecule has 1 aromatic rings. The van der Waals surface area contributed by atoms with Gasteiger partial charge in [0.05, 0.1) is 10.4 Å². The lowest BCUT2D eigenvalue weighted by atomic mass is 10.1. The van der Waals surface area contributed by atoms with Crippen LogP contribution in [0.15, 0.2) is 12.1 Å². The van der Waals surface area contributed by atoms with Gasteiger partial charge in [-0.2, -0.15) is 0 Å². The van der Waals surface area contributed by atoms with Gasteiger partial charge in [-0.05, 0) is 31.4 Å². The molecule has 1 aliphatic heterocycles. The molecule has 0 saturated carbocycles. The Morgan fingerprint density at radius 2 is 2.31 bits per heavy atom. The maximum Gasteiger partial charge on any atom is 0.0931 e. The van der Waals surface area contributed by atoms with Crippen LogP contribution < -0.4 is 5.73 Å². The van der Waals surface area contributed by atoms with E-state index < -0.39 is 0 Å². The second-order valence-electron chi connectivity index (χ2n) is 4.78. The van der Waals surface area contributed by atoms with Crippen molar-refractivity contribution >= 4 is 22.9 Å². The maximum atomic E-state index is 5.99. The lowest BCUT2D eigenvalue weighted by Gasteiger charge is -2.29. The standard InChI is InChI=1S/C12H19ClN2S/c1-8-5-9(2)15(7-8)10(6-14)11-3-4-12(13)16-11/h3-4,8-10H,5-7,14H2,1-2H3. The van der Waals surface area contributed by atoms with E-state index in [1.165, 1.54) is 11.3 Å². The van der Waals surface area contributed by atoms with Gasteiger partial charge in [0.1, 0.15) is 0 Å². The Kier molecular flexibility index (Phi) is 3.90. The van der Waals surface area contributed by atoms with Crippen LogP contribution in [0.3, 0.4) is 0 Å². The lowest BCUT2D eigenvalue weighted by Crippen LogP contribution is -2.35. The van der Waals surface area contributed by atoms with Gasteiger partial charge in [-0.15, -0.1) is 11.3 Å². The van der Waals surface area contributed by atoms with Crippen LogP contribution in [-0.4, -0.2) is 24.0 Å². The van der Waals surface area contributed by atoms with Crippen LogP contribution >= 0.6 is 22.9 Å². The van der Waals surface area contributed by atoms with Crippen LogP contribution in [0.2, 0.25) is 4.34 Å². The van der Waals surface area contributed by atoms with E-state index in [1.807, 2.05) is 6.07 Å². The second-order valence-corrected chi connectivity index (χ2v) is 6.53. The van der Waals surface area contributed by atoms with Gasteiger partial charge >= 0.3 is 0 Å². The van der Waals surface area contributed by atoms with Crippen LogP contribution in [-0.2, 0) is 0 Å².